The molecule has 1 saturated carbocycles. The molecule has 0 aliphatic heterocycles. The number of aromatic nitrogens is 1. The molecule has 0 bridgehead atoms. The van der Waals surface area contributed by atoms with Crippen LogP contribution >= 0.6 is 15.9 Å². The molecule has 0 spiro atoms. The minimum absolute atomic E-state index is 0.176. The van der Waals surface area contributed by atoms with E-state index in [0.717, 1.165) is 19.3 Å². The number of amides is 1. The van der Waals surface area contributed by atoms with Crippen LogP contribution in [0.1, 0.15) is 49.9 Å². The topological polar surface area (TPSA) is 68.3 Å². The highest BCUT2D eigenvalue weighted by molar-refractivity contribution is 9.10. The second-order valence-electron chi connectivity index (χ2n) is 5.82. The molecule has 0 unspecified atom stereocenters. The Balaban J connectivity index is 1.89. The van der Waals surface area contributed by atoms with Gasteiger partial charge in [0.25, 0.3) is 5.91 Å². The Morgan fingerprint density at radius 2 is 2.09 bits per heavy atom. The molecule has 1 aliphatic carbocycles. The molecule has 1 heterocycles. The molecular formula is C16H21BrN2O3. The third kappa shape index (κ3) is 4.53. The van der Waals surface area contributed by atoms with Crippen LogP contribution in [0.25, 0.3) is 0 Å². The minimum Gasteiger partial charge on any atom is -0.449 e. The smallest absolute Gasteiger partial charge is 0.340 e. The van der Waals surface area contributed by atoms with Gasteiger partial charge in [-0.15, -0.1) is 0 Å². The number of ether oxygens (including phenoxy) is 1. The summed E-state index contributed by atoms with van der Waals surface area (Å²) in [5.74, 6) is -0.321. The predicted molar refractivity (Wildman–Crippen MR) is 86.4 cm³/mol. The first-order chi connectivity index (χ1) is 10.5. The number of nitrogens with one attached hydrogen (secondary N) is 1. The van der Waals surface area contributed by atoms with E-state index in [2.05, 4.69) is 33.2 Å². The van der Waals surface area contributed by atoms with E-state index in [-0.39, 0.29) is 11.9 Å². The molecule has 0 radical (unpaired) electrons. The van der Waals surface area contributed by atoms with E-state index in [1.165, 1.54) is 12.6 Å². The number of rotatable bonds is 4. The first-order valence-electron chi connectivity index (χ1n) is 7.59. The Bertz CT molecular complexity index is 550. The minimum atomic E-state index is -0.819. The Morgan fingerprint density at radius 1 is 1.36 bits per heavy atom. The van der Waals surface area contributed by atoms with Gasteiger partial charge >= 0.3 is 5.97 Å². The molecule has 1 N–H and O–H groups in total. The van der Waals surface area contributed by atoms with Crippen LogP contribution in [-0.4, -0.2) is 29.0 Å². The molecule has 1 aromatic heterocycles. The van der Waals surface area contributed by atoms with Gasteiger partial charge in [0.2, 0.25) is 0 Å². The number of hydrogen-bond donors (Lipinski definition) is 1. The lowest BCUT2D eigenvalue weighted by atomic mass is 9.86. The zero-order valence-corrected chi connectivity index (χ0v) is 14.4. The number of pyridine rings is 1. The van der Waals surface area contributed by atoms with Gasteiger partial charge in [0.15, 0.2) is 6.10 Å². The maximum absolute atomic E-state index is 12.2. The summed E-state index contributed by atoms with van der Waals surface area (Å²) in [5.41, 5.74) is 0.319. The van der Waals surface area contributed by atoms with Gasteiger partial charge in [0.1, 0.15) is 0 Å². The van der Waals surface area contributed by atoms with Crippen molar-refractivity contribution >= 4 is 27.8 Å². The van der Waals surface area contributed by atoms with Crippen molar-refractivity contribution in [2.45, 2.75) is 51.7 Å². The van der Waals surface area contributed by atoms with Crippen molar-refractivity contribution in [3.63, 3.8) is 0 Å². The van der Waals surface area contributed by atoms with Crippen LogP contribution in [0.2, 0.25) is 0 Å². The van der Waals surface area contributed by atoms with Crippen molar-refractivity contribution in [1.82, 2.24) is 10.3 Å². The molecular weight excluding hydrogens is 348 g/mol. The lowest BCUT2D eigenvalue weighted by molar-refractivity contribution is -0.130. The van der Waals surface area contributed by atoms with Gasteiger partial charge < -0.3 is 10.1 Å². The molecule has 5 nitrogen and oxygen atoms in total. The molecule has 22 heavy (non-hydrogen) atoms. The zero-order valence-electron chi connectivity index (χ0n) is 12.8. The molecule has 1 aromatic rings. The summed E-state index contributed by atoms with van der Waals surface area (Å²) in [4.78, 5) is 28.1. The molecule has 6 heteroatoms. The molecule has 1 amide bonds. The summed E-state index contributed by atoms with van der Waals surface area (Å²) in [6, 6.07) is 1.79. The number of hydrogen-bond acceptors (Lipinski definition) is 4. The van der Waals surface area contributed by atoms with E-state index in [9.17, 15) is 9.59 Å². The quantitative estimate of drug-likeness (QED) is 0.829. The molecule has 0 saturated heterocycles. The monoisotopic (exact) mass is 368 g/mol. The summed E-state index contributed by atoms with van der Waals surface area (Å²) in [7, 11) is 0. The normalized spacial score (nSPS) is 22.7. The summed E-state index contributed by atoms with van der Waals surface area (Å²) in [5, 5.41) is 3.00. The summed E-state index contributed by atoms with van der Waals surface area (Å²) in [6.45, 7) is 3.74. The van der Waals surface area contributed by atoms with E-state index >= 15 is 0 Å². The number of carbonyl (C=O) groups excluding carboxylic acids is 2. The predicted octanol–water partition coefficient (Wildman–Crippen LogP) is 3.08. The van der Waals surface area contributed by atoms with E-state index in [1.807, 2.05) is 0 Å². The fourth-order valence-corrected chi connectivity index (χ4v) is 3.00. The molecule has 2 rings (SSSR count). The lowest BCUT2D eigenvalue weighted by Gasteiger charge is -2.30. The SMILES string of the molecule is C[C@@H]1CCCC[C@@H]1NC(=O)[C@@H](C)OC(=O)c1cncc(Br)c1. The van der Waals surface area contributed by atoms with Crippen LogP contribution in [0, 0.1) is 5.92 Å². The second kappa shape index (κ2) is 7.72. The summed E-state index contributed by atoms with van der Waals surface area (Å²) >= 11 is 3.25. The number of carbonyl (C=O) groups is 2. The van der Waals surface area contributed by atoms with Crippen molar-refractivity contribution in [1.29, 1.82) is 0 Å². The fourth-order valence-electron chi connectivity index (χ4n) is 2.64. The first kappa shape index (κ1) is 16.9. The molecule has 3 atom stereocenters. The highest BCUT2D eigenvalue weighted by Gasteiger charge is 2.26. The average molecular weight is 369 g/mol. The third-order valence-corrected chi connectivity index (χ3v) is 4.47. The zero-order chi connectivity index (χ0) is 16.1. The van der Waals surface area contributed by atoms with Crippen molar-refractivity contribution in [2.24, 2.45) is 5.92 Å². The molecule has 0 aromatic carbocycles. The molecule has 1 fully saturated rings. The maximum atomic E-state index is 12.2. The Labute approximate surface area is 139 Å². The van der Waals surface area contributed by atoms with Crippen LogP contribution in [-0.2, 0) is 9.53 Å². The average Bonchev–Trinajstić information content (AvgIpc) is 2.49. The van der Waals surface area contributed by atoms with Gasteiger partial charge in [0.05, 0.1) is 5.56 Å². The Kier molecular flexibility index (Phi) is 5.94. The number of halogens is 1. The summed E-state index contributed by atoms with van der Waals surface area (Å²) < 4.78 is 5.91. The fraction of sp³-hybridized carbons (Fsp3) is 0.562. The van der Waals surface area contributed by atoms with E-state index < -0.39 is 12.1 Å². The summed E-state index contributed by atoms with van der Waals surface area (Å²) in [6.07, 6.45) is 6.64. The largest absolute Gasteiger partial charge is 0.449 e. The van der Waals surface area contributed by atoms with Gasteiger partial charge in [0, 0.05) is 22.9 Å². The molecule has 120 valence electrons. The Morgan fingerprint density at radius 3 is 2.77 bits per heavy atom. The second-order valence-corrected chi connectivity index (χ2v) is 6.73. The van der Waals surface area contributed by atoms with Gasteiger partial charge in [-0.1, -0.05) is 19.8 Å². The van der Waals surface area contributed by atoms with Crippen LogP contribution < -0.4 is 5.32 Å². The van der Waals surface area contributed by atoms with Crippen molar-refractivity contribution in [3.8, 4) is 0 Å². The van der Waals surface area contributed by atoms with Crippen molar-refractivity contribution in [2.75, 3.05) is 0 Å². The highest BCUT2D eigenvalue weighted by Crippen LogP contribution is 2.23. The lowest BCUT2D eigenvalue weighted by Crippen LogP contribution is -2.46. The number of nitrogens with zero attached hydrogens (tertiary/aromatic N) is 1. The standard InChI is InChI=1S/C16H21BrN2O3/c1-10-5-3-4-6-14(10)19-15(20)11(2)22-16(21)12-7-13(17)9-18-8-12/h7-11,14H,3-6H2,1-2H3,(H,19,20)/t10-,11-,14+/m1/s1. The van der Waals surface area contributed by atoms with Gasteiger partial charge in [-0.05, 0) is 47.7 Å². The van der Waals surface area contributed by atoms with Gasteiger partial charge in [-0.2, -0.15) is 0 Å². The van der Waals surface area contributed by atoms with E-state index in [4.69, 9.17) is 4.74 Å². The van der Waals surface area contributed by atoms with Crippen molar-refractivity contribution < 1.29 is 14.3 Å². The van der Waals surface area contributed by atoms with Crippen LogP contribution in [0.5, 0.6) is 0 Å². The molecule has 1 aliphatic rings. The number of esters is 1. The van der Waals surface area contributed by atoms with Gasteiger partial charge in [-0.3, -0.25) is 9.78 Å². The van der Waals surface area contributed by atoms with Gasteiger partial charge in [-0.25, -0.2) is 4.79 Å². The van der Waals surface area contributed by atoms with E-state index in [0.29, 0.717) is 16.0 Å². The van der Waals surface area contributed by atoms with Crippen LogP contribution in [0.4, 0.5) is 0 Å². The first-order valence-corrected chi connectivity index (χ1v) is 8.38. The van der Waals surface area contributed by atoms with Crippen molar-refractivity contribution in [3.05, 3.63) is 28.5 Å². The Hall–Kier alpha value is -1.43. The van der Waals surface area contributed by atoms with Crippen LogP contribution in [0.3, 0.4) is 0 Å². The van der Waals surface area contributed by atoms with E-state index in [1.54, 1.807) is 19.2 Å². The highest BCUT2D eigenvalue weighted by atomic mass is 79.9. The third-order valence-electron chi connectivity index (χ3n) is 4.03. The van der Waals surface area contributed by atoms with Crippen LogP contribution in [0.15, 0.2) is 22.9 Å². The maximum Gasteiger partial charge on any atom is 0.340 e.